The third kappa shape index (κ3) is 2.32. The minimum absolute atomic E-state index is 0.0356. The summed E-state index contributed by atoms with van der Waals surface area (Å²) in [5.41, 5.74) is 6.31. The molecule has 1 atom stereocenters. The Morgan fingerprint density at radius 3 is 2.69 bits per heavy atom. The van der Waals surface area contributed by atoms with E-state index in [2.05, 4.69) is 0 Å². The minimum Gasteiger partial charge on any atom is -0.337 e. The number of hydrogen-bond acceptors (Lipinski definition) is 2. The molecule has 1 aromatic carbocycles. The highest BCUT2D eigenvalue weighted by atomic mass is 35.5. The maximum absolute atomic E-state index is 12.0. The van der Waals surface area contributed by atoms with Gasteiger partial charge in [0.25, 0.3) is 5.91 Å². The van der Waals surface area contributed by atoms with Gasteiger partial charge < -0.3 is 10.6 Å². The van der Waals surface area contributed by atoms with Crippen molar-refractivity contribution < 1.29 is 4.79 Å². The van der Waals surface area contributed by atoms with Crippen molar-refractivity contribution in [2.45, 2.75) is 12.5 Å². The van der Waals surface area contributed by atoms with Gasteiger partial charge in [-0.2, -0.15) is 0 Å². The molecule has 16 heavy (non-hydrogen) atoms. The van der Waals surface area contributed by atoms with Crippen molar-refractivity contribution in [2.24, 2.45) is 5.73 Å². The summed E-state index contributed by atoms with van der Waals surface area (Å²) in [6.07, 6.45) is 0.854. The summed E-state index contributed by atoms with van der Waals surface area (Å²) in [5, 5.41) is 0.854. The number of hydrogen-bond donors (Lipinski definition) is 1. The number of rotatable bonds is 1. The fourth-order valence-corrected chi connectivity index (χ4v) is 2.08. The summed E-state index contributed by atoms with van der Waals surface area (Å²) in [6.45, 7) is 1.32. The molecular weight excluding hydrogens is 247 g/mol. The molecule has 1 unspecified atom stereocenters. The van der Waals surface area contributed by atoms with E-state index in [1.54, 1.807) is 23.1 Å². The topological polar surface area (TPSA) is 46.3 Å². The lowest BCUT2D eigenvalue weighted by Gasteiger charge is -2.15. The second-order valence-corrected chi connectivity index (χ2v) is 4.74. The number of amides is 1. The van der Waals surface area contributed by atoms with Gasteiger partial charge in [0.05, 0.1) is 10.0 Å². The van der Waals surface area contributed by atoms with Crippen LogP contribution < -0.4 is 5.73 Å². The van der Waals surface area contributed by atoms with Crippen LogP contribution in [0.5, 0.6) is 0 Å². The summed E-state index contributed by atoms with van der Waals surface area (Å²) in [6, 6.07) is 5.00. The van der Waals surface area contributed by atoms with Crippen molar-refractivity contribution in [3.63, 3.8) is 0 Å². The summed E-state index contributed by atoms with van der Waals surface area (Å²) in [5.74, 6) is -0.0356. The lowest BCUT2D eigenvalue weighted by Crippen LogP contribution is -2.31. The zero-order valence-electron chi connectivity index (χ0n) is 8.62. The van der Waals surface area contributed by atoms with E-state index in [-0.39, 0.29) is 11.9 Å². The van der Waals surface area contributed by atoms with Crippen LogP contribution in [0.25, 0.3) is 0 Å². The van der Waals surface area contributed by atoms with Gasteiger partial charge in [-0.15, -0.1) is 0 Å². The normalized spacial score (nSPS) is 20.2. The van der Waals surface area contributed by atoms with Crippen molar-refractivity contribution in [2.75, 3.05) is 13.1 Å². The number of nitrogens with zero attached hydrogens (tertiary/aromatic N) is 1. The summed E-state index contributed by atoms with van der Waals surface area (Å²) < 4.78 is 0. The Morgan fingerprint density at radius 2 is 2.12 bits per heavy atom. The molecule has 5 heteroatoms. The Bertz CT molecular complexity index is 422. The van der Waals surface area contributed by atoms with Crippen molar-refractivity contribution in [3.8, 4) is 0 Å². The Labute approximate surface area is 104 Å². The molecule has 2 rings (SSSR count). The number of carbonyl (C=O) groups is 1. The molecule has 0 saturated carbocycles. The molecule has 0 aliphatic carbocycles. The molecule has 1 fully saturated rings. The van der Waals surface area contributed by atoms with Crippen LogP contribution in [0.4, 0.5) is 0 Å². The van der Waals surface area contributed by atoms with Gasteiger partial charge in [0.15, 0.2) is 0 Å². The second-order valence-electron chi connectivity index (χ2n) is 3.93. The average Bonchev–Trinajstić information content (AvgIpc) is 2.68. The molecule has 1 aliphatic rings. The van der Waals surface area contributed by atoms with Crippen LogP contribution in [0.1, 0.15) is 16.8 Å². The first-order valence-corrected chi connectivity index (χ1v) is 5.83. The monoisotopic (exact) mass is 258 g/mol. The summed E-state index contributed by atoms with van der Waals surface area (Å²) in [4.78, 5) is 13.8. The number of carbonyl (C=O) groups excluding carboxylic acids is 1. The lowest BCUT2D eigenvalue weighted by molar-refractivity contribution is 0.0791. The minimum atomic E-state index is -0.0356. The van der Waals surface area contributed by atoms with Crippen molar-refractivity contribution >= 4 is 29.1 Å². The maximum atomic E-state index is 12.0. The first-order valence-electron chi connectivity index (χ1n) is 5.08. The Balaban J connectivity index is 2.18. The molecule has 1 aliphatic heterocycles. The lowest BCUT2D eigenvalue weighted by atomic mass is 10.2. The van der Waals surface area contributed by atoms with Gasteiger partial charge in [-0.3, -0.25) is 4.79 Å². The van der Waals surface area contributed by atoms with E-state index in [9.17, 15) is 4.79 Å². The van der Waals surface area contributed by atoms with Crippen LogP contribution in [0.15, 0.2) is 18.2 Å². The highest BCUT2D eigenvalue weighted by molar-refractivity contribution is 6.42. The molecule has 0 bridgehead atoms. The van der Waals surface area contributed by atoms with Crippen LogP contribution >= 0.6 is 23.2 Å². The van der Waals surface area contributed by atoms with Gasteiger partial charge in [-0.1, -0.05) is 23.2 Å². The van der Waals surface area contributed by atoms with E-state index in [0.29, 0.717) is 28.7 Å². The van der Waals surface area contributed by atoms with Gasteiger partial charge in [0.1, 0.15) is 0 Å². The Kier molecular flexibility index (Phi) is 3.38. The van der Waals surface area contributed by atoms with Crippen LogP contribution in [0.2, 0.25) is 10.0 Å². The third-order valence-corrected chi connectivity index (χ3v) is 3.42. The maximum Gasteiger partial charge on any atom is 0.253 e. The summed E-state index contributed by atoms with van der Waals surface area (Å²) in [7, 11) is 0. The number of nitrogens with two attached hydrogens (primary N) is 1. The molecule has 1 amide bonds. The van der Waals surface area contributed by atoms with Gasteiger partial charge in [-0.05, 0) is 24.6 Å². The van der Waals surface area contributed by atoms with Crippen LogP contribution in [0.3, 0.4) is 0 Å². The van der Waals surface area contributed by atoms with E-state index < -0.39 is 0 Å². The fourth-order valence-electron chi connectivity index (χ4n) is 1.78. The largest absolute Gasteiger partial charge is 0.337 e. The first kappa shape index (κ1) is 11.7. The van der Waals surface area contributed by atoms with Gasteiger partial charge in [-0.25, -0.2) is 0 Å². The Morgan fingerprint density at radius 1 is 1.38 bits per heavy atom. The highest BCUT2D eigenvalue weighted by Gasteiger charge is 2.24. The molecule has 0 aromatic heterocycles. The van der Waals surface area contributed by atoms with Gasteiger partial charge in [0.2, 0.25) is 0 Å². The van der Waals surface area contributed by atoms with E-state index in [0.717, 1.165) is 6.42 Å². The molecule has 1 heterocycles. The molecule has 1 saturated heterocycles. The zero-order valence-corrected chi connectivity index (χ0v) is 10.1. The molecule has 3 nitrogen and oxygen atoms in total. The fraction of sp³-hybridized carbons (Fsp3) is 0.364. The van der Waals surface area contributed by atoms with E-state index in [1.807, 2.05) is 0 Å². The van der Waals surface area contributed by atoms with Crippen LogP contribution in [-0.2, 0) is 0 Å². The average molecular weight is 259 g/mol. The van der Waals surface area contributed by atoms with Crippen molar-refractivity contribution in [1.29, 1.82) is 0 Å². The SMILES string of the molecule is NC1CCN(C(=O)c2ccc(Cl)c(Cl)c2)C1. The number of likely N-dealkylation sites (tertiary alicyclic amines) is 1. The highest BCUT2D eigenvalue weighted by Crippen LogP contribution is 2.23. The Hall–Kier alpha value is -0.770. The molecular formula is C11H12Cl2N2O. The third-order valence-electron chi connectivity index (χ3n) is 2.68. The van der Waals surface area contributed by atoms with E-state index in [1.165, 1.54) is 0 Å². The van der Waals surface area contributed by atoms with Gasteiger partial charge >= 0.3 is 0 Å². The zero-order chi connectivity index (χ0) is 11.7. The molecule has 1 aromatic rings. The van der Waals surface area contributed by atoms with Crippen molar-refractivity contribution in [1.82, 2.24) is 4.90 Å². The standard InChI is InChI=1S/C11H12Cl2N2O/c12-9-2-1-7(5-10(9)13)11(16)15-4-3-8(14)6-15/h1-2,5,8H,3-4,6,14H2. The van der Waals surface area contributed by atoms with Crippen LogP contribution in [0, 0.1) is 0 Å². The predicted octanol–water partition coefficient (Wildman–Crippen LogP) is 2.17. The number of benzene rings is 1. The van der Waals surface area contributed by atoms with E-state index in [4.69, 9.17) is 28.9 Å². The quantitative estimate of drug-likeness (QED) is 0.840. The van der Waals surface area contributed by atoms with Gasteiger partial charge in [0, 0.05) is 24.7 Å². The first-order chi connectivity index (χ1) is 7.58. The smallest absolute Gasteiger partial charge is 0.253 e. The summed E-state index contributed by atoms with van der Waals surface area (Å²) >= 11 is 11.7. The molecule has 2 N–H and O–H groups in total. The number of halogens is 2. The van der Waals surface area contributed by atoms with Crippen molar-refractivity contribution in [3.05, 3.63) is 33.8 Å². The second kappa shape index (κ2) is 4.62. The molecule has 0 spiro atoms. The molecule has 0 radical (unpaired) electrons. The molecule has 86 valence electrons. The van der Waals surface area contributed by atoms with E-state index >= 15 is 0 Å². The van der Waals surface area contributed by atoms with Crippen LogP contribution in [-0.4, -0.2) is 29.9 Å². The predicted molar refractivity (Wildman–Crippen MR) is 65.0 cm³/mol.